The van der Waals surface area contributed by atoms with Crippen LogP contribution in [0.4, 0.5) is 0 Å². The number of hydrogen-bond donors (Lipinski definition) is 0. The first-order chi connectivity index (χ1) is 8.31. The lowest BCUT2D eigenvalue weighted by Crippen LogP contribution is -2.00. The maximum atomic E-state index is 4.12. The molecule has 0 aliphatic carbocycles. The van der Waals surface area contributed by atoms with Crippen LogP contribution >= 0.6 is 15.9 Å². The molecular formula is C13H16BrN3. The first kappa shape index (κ1) is 12.3. The van der Waals surface area contributed by atoms with Crippen molar-refractivity contribution in [3.8, 4) is 0 Å². The third-order valence-electron chi connectivity index (χ3n) is 2.71. The van der Waals surface area contributed by atoms with E-state index in [1.165, 1.54) is 11.1 Å². The largest absolute Gasteiger partial charge is 0.248 e. The summed E-state index contributed by atoms with van der Waals surface area (Å²) < 4.78 is 1.89. The van der Waals surface area contributed by atoms with Crippen LogP contribution in [0.25, 0.3) is 0 Å². The van der Waals surface area contributed by atoms with E-state index in [0.29, 0.717) is 0 Å². The monoisotopic (exact) mass is 293 g/mol. The zero-order chi connectivity index (χ0) is 12.1. The van der Waals surface area contributed by atoms with E-state index in [1.807, 2.05) is 10.9 Å². The third-order valence-corrected chi connectivity index (χ3v) is 3.11. The van der Waals surface area contributed by atoms with Gasteiger partial charge in [-0.25, -0.2) is 4.68 Å². The SMILES string of the molecule is CCc1ccc(Cn2cc(CCBr)nn2)cc1. The van der Waals surface area contributed by atoms with Crippen LogP contribution in [0.5, 0.6) is 0 Å². The summed E-state index contributed by atoms with van der Waals surface area (Å²) in [5, 5.41) is 9.16. The van der Waals surface area contributed by atoms with Gasteiger partial charge >= 0.3 is 0 Å². The standard InChI is InChI=1S/C13H16BrN3/c1-2-11-3-5-12(6-4-11)9-17-10-13(7-8-14)15-16-17/h3-6,10H,2,7-9H2,1H3. The van der Waals surface area contributed by atoms with Gasteiger partial charge in [0, 0.05) is 17.9 Å². The lowest BCUT2D eigenvalue weighted by molar-refractivity contribution is 0.649. The molecular weight excluding hydrogens is 278 g/mol. The van der Waals surface area contributed by atoms with Crippen LogP contribution in [0.15, 0.2) is 30.5 Å². The van der Waals surface area contributed by atoms with E-state index in [9.17, 15) is 0 Å². The molecule has 0 bridgehead atoms. The lowest BCUT2D eigenvalue weighted by Gasteiger charge is -2.02. The fourth-order valence-corrected chi connectivity index (χ4v) is 2.10. The Hall–Kier alpha value is -1.16. The Bertz CT molecular complexity index is 462. The molecule has 3 nitrogen and oxygen atoms in total. The van der Waals surface area contributed by atoms with E-state index in [4.69, 9.17) is 0 Å². The highest BCUT2D eigenvalue weighted by Crippen LogP contribution is 2.07. The Balaban J connectivity index is 2.03. The molecule has 0 unspecified atom stereocenters. The molecule has 0 saturated carbocycles. The Kier molecular flexibility index (Phi) is 4.31. The summed E-state index contributed by atoms with van der Waals surface area (Å²) in [7, 11) is 0. The van der Waals surface area contributed by atoms with Gasteiger partial charge in [0.25, 0.3) is 0 Å². The molecule has 1 aromatic carbocycles. The number of alkyl halides is 1. The van der Waals surface area contributed by atoms with E-state index < -0.39 is 0 Å². The summed E-state index contributed by atoms with van der Waals surface area (Å²) in [5.74, 6) is 0. The van der Waals surface area contributed by atoms with Crippen molar-refractivity contribution in [3.63, 3.8) is 0 Å². The van der Waals surface area contributed by atoms with Crippen LogP contribution in [0, 0.1) is 0 Å². The smallest absolute Gasteiger partial charge is 0.0835 e. The summed E-state index contributed by atoms with van der Waals surface area (Å²) >= 11 is 3.40. The molecule has 90 valence electrons. The van der Waals surface area contributed by atoms with E-state index in [2.05, 4.69) is 57.4 Å². The van der Waals surface area contributed by atoms with Gasteiger partial charge in [-0.05, 0) is 17.5 Å². The number of rotatable bonds is 5. The first-order valence-corrected chi connectivity index (χ1v) is 6.96. The molecule has 0 atom stereocenters. The summed E-state index contributed by atoms with van der Waals surface area (Å²) in [6.45, 7) is 2.96. The van der Waals surface area contributed by atoms with E-state index >= 15 is 0 Å². The van der Waals surface area contributed by atoms with Crippen molar-refractivity contribution in [3.05, 3.63) is 47.3 Å². The number of hydrogen-bond acceptors (Lipinski definition) is 2. The Labute approximate surface area is 110 Å². The van der Waals surface area contributed by atoms with Crippen molar-refractivity contribution in [2.24, 2.45) is 0 Å². The number of aromatic nitrogens is 3. The van der Waals surface area contributed by atoms with E-state index in [-0.39, 0.29) is 0 Å². The van der Waals surface area contributed by atoms with Gasteiger partial charge in [-0.15, -0.1) is 5.10 Å². The highest BCUT2D eigenvalue weighted by Gasteiger charge is 2.01. The predicted octanol–water partition coefficient (Wildman–Crippen LogP) is 2.83. The fraction of sp³-hybridized carbons (Fsp3) is 0.385. The number of aryl methyl sites for hydroxylation is 2. The summed E-state index contributed by atoms with van der Waals surface area (Å²) in [5.41, 5.74) is 3.66. The van der Waals surface area contributed by atoms with Gasteiger partial charge < -0.3 is 0 Å². The molecule has 0 N–H and O–H groups in total. The Morgan fingerprint density at radius 1 is 1.18 bits per heavy atom. The number of benzene rings is 1. The van der Waals surface area contributed by atoms with Crippen LogP contribution in [0.3, 0.4) is 0 Å². The zero-order valence-electron chi connectivity index (χ0n) is 9.93. The van der Waals surface area contributed by atoms with Crippen LogP contribution in [0.2, 0.25) is 0 Å². The molecule has 0 spiro atoms. The second-order valence-corrected chi connectivity index (χ2v) is 4.81. The van der Waals surface area contributed by atoms with Crippen molar-refractivity contribution in [1.29, 1.82) is 0 Å². The van der Waals surface area contributed by atoms with Crippen molar-refractivity contribution in [2.45, 2.75) is 26.3 Å². The molecule has 0 fully saturated rings. The molecule has 0 aliphatic heterocycles. The lowest BCUT2D eigenvalue weighted by atomic mass is 10.1. The molecule has 1 heterocycles. The molecule has 2 rings (SSSR count). The number of halogens is 1. The predicted molar refractivity (Wildman–Crippen MR) is 72.4 cm³/mol. The average molecular weight is 294 g/mol. The van der Waals surface area contributed by atoms with Crippen LogP contribution in [-0.4, -0.2) is 20.3 Å². The minimum absolute atomic E-state index is 0.791. The molecule has 1 aromatic heterocycles. The van der Waals surface area contributed by atoms with Crippen molar-refractivity contribution in [2.75, 3.05) is 5.33 Å². The molecule has 17 heavy (non-hydrogen) atoms. The molecule has 0 amide bonds. The van der Waals surface area contributed by atoms with Crippen LogP contribution in [-0.2, 0) is 19.4 Å². The average Bonchev–Trinajstić information content (AvgIpc) is 2.78. The first-order valence-electron chi connectivity index (χ1n) is 5.84. The van der Waals surface area contributed by atoms with Crippen LogP contribution < -0.4 is 0 Å². The van der Waals surface area contributed by atoms with Gasteiger partial charge in [-0.2, -0.15) is 0 Å². The maximum absolute atomic E-state index is 4.12. The van der Waals surface area contributed by atoms with Gasteiger partial charge in [0.15, 0.2) is 0 Å². The minimum atomic E-state index is 0.791. The maximum Gasteiger partial charge on any atom is 0.0835 e. The summed E-state index contributed by atoms with van der Waals surface area (Å²) in [6.07, 6.45) is 4.02. The molecule has 0 aliphatic rings. The second-order valence-electron chi connectivity index (χ2n) is 4.02. The van der Waals surface area contributed by atoms with E-state index in [0.717, 1.165) is 30.4 Å². The molecule has 0 saturated heterocycles. The third kappa shape index (κ3) is 3.40. The van der Waals surface area contributed by atoms with Gasteiger partial charge in [0.05, 0.1) is 12.2 Å². The van der Waals surface area contributed by atoms with Gasteiger partial charge in [-0.3, -0.25) is 0 Å². The normalized spacial score (nSPS) is 10.7. The van der Waals surface area contributed by atoms with Gasteiger partial charge in [-0.1, -0.05) is 52.3 Å². The second kappa shape index (κ2) is 5.96. The van der Waals surface area contributed by atoms with Gasteiger partial charge in [0.1, 0.15) is 0 Å². The molecule has 4 heteroatoms. The van der Waals surface area contributed by atoms with Gasteiger partial charge in [0.2, 0.25) is 0 Å². The van der Waals surface area contributed by atoms with E-state index in [1.54, 1.807) is 0 Å². The summed E-state index contributed by atoms with van der Waals surface area (Å²) in [6, 6.07) is 8.66. The Morgan fingerprint density at radius 3 is 2.53 bits per heavy atom. The topological polar surface area (TPSA) is 30.7 Å². The molecule has 2 aromatic rings. The van der Waals surface area contributed by atoms with Crippen molar-refractivity contribution in [1.82, 2.24) is 15.0 Å². The molecule has 0 radical (unpaired) electrons. The zero-order valence-corrected chi connectivity index (χ0v) is 11.5. The highest BCUT2D eigenvalue weighted by molar-refractivity contribution is 9.09. The fourth-order valence-electron chi connectivity index (χ4n) is 1.69. The summed E-state index contributed by atoms with van der Waals surface area (Å²) in [4.78, 5) is 0. The van der Waals surface area contributed by atoms with Crippen molar-refractivity contribution >= 4 is 15.9 Å². The number of nitrogens with zero attached hydrogens (tertiary/aromatic N) is 3. The quantitative estimate of drug-likeness (QED) is 0.794. The van der Waals surface area contributed by atoms with Crippen molar-refractivity contribution < 1.29 is 0 Å². The van der Waals surface area contributed by atoms with Crippen LogP contribution in [0.1, 0.15) is 23.7 Å². The highest BCUT2D eigenvalue weighted by atomic mass is 79.9. The Morgan fingerprint density at radius 2 is 1.88 bits per heavy atom. The minimum Gasteiger partial charge on any atom is -0.248 e.